The second kappa shape index (κ2) is 3.89. The number of nitrogens with zero attached hydrogens (tertiary/aromatic N) is 1. The Morgan fingerprint density at radius 2 is 2.18 bits per heavy atom. The molecule has 1 atom stereocenters. The second-order valence-electron chi connectivity index (χ2n) is 5.97. The molecule has 0 saturated carbocycles. The van der Waals surface area contributed by atoms with Crippen molar-refractivity contribution in [2.24, 2.45) is 5.41 Å². The number of hydrogen-bond donors (Lipinski definition) is 1. The van der Waals surface area contributed by atoms with Crippen molar-refractivity contribution in [3.63, 3.8) is 0 Å². The van der Waals surface area contributed by atoms with Gasteiger partial charge in [-0.1, -0.05) is 0 Å². The lowest BCUT2D eigenvalue weighted by atomic mass is 9.74. The summed E-state index contributed by atoms with van der Waals surface area (Å²) in [6, 6.07) is 0. The Morgan fingerprint density at radius 3 is 2.65 bits per heavy atom. The summed E-state index contributed by atoms with van der Waals surface area (Å²) >= 11 is 0. The van der Waals surface area contributed by atoms with Crippen molar-refractivity contribution in [3.05, 3.63) is 0 Å². The summed E-state index contributed by atoms with van der Waals surface area (Å²) in [5, 5.41) is 2.76. The summed E-state index contributed by atoms with van der Waals surface area (Å²) in [5.41, 5.74) is -0.821. The lowest BCUT2D eigenvalue weighted by Gasteiger charge is -2.47. The fraction of sp³-hybridized carbons (Fsp3) is 0.833. The maximum Gasteiger partial charge on any atom is 0.410 e. The highest BCUT2D eigenvalue weighted by Gasteiger charge is 2.50. The Balaban J connectivity index is 1.98. The van der Waals surface area contributed by atoms with Gasteiger partial charge in [-0.05, 0) is 33.6 Å². The van der Waals surface area contributed by atoms with Crippen molar-refractivity contribution in [3.8, 4) is 0 Å². The normalized spacial score (nSPS) is 28.6. The predicted octanol–water partition coefficient (Wildman–Crippen LogP) is 1.13. The van der Waals surface area contributed by atoms with Crippen LogP contribution in [0.3, 0.4) is 0 Å². The van der Waals surface area contributed by atoms with Crippen molar-refractivity contribution in [1.29, 1.82) is 0 Å². The molecule has 0 aromatic heterocycles. The Bertz CT molecular complexity index is 348. The van der Waals surface area contributed by atoms with Gasteiger partial charge in [0.2, 0.25) is 5.91 Å². The number of rotatable bonds is 0. The number of hydrogen-bond acceptors (Lipinski definition) is 3. The molecule has 1 spiro atoms. The van der Waals surface area contributed by atoms with Crippen molar-refractivity contribution < 1.29 is 14.3 Å². The van der Waals surface area contributed by atoms with Gasteiger partial charge in [0.15, 0.2) is 0 Å². The minimum Gasteiger partial charge on any atom is -0.444 e. The zero-order valence-electron chi connectivity index (χ0n) is 10.7. The summed E-state index contributed by atoms with van der Waals surface area (Å²) in [5.74, 6) is 0.0748. The van der Waals surface area contributed by atoms with E-state index in [0.717, 1.165) is 12.8 Å². The van der Waals surface area contributed by atoms with E-state index in [2.05, 4.69) is 5.32 Å². The average molecular weight is 240 g/mol. The molecule has 2 saturated heterocycles. The molecule has 2 rings (SSSR count). The van der Waals surface area contributed by atoms with Crippen LogP contribution >= 0.6 is 0 Å². The molecule has 2 fully saturated rings. The van der Waals surface area contributed by atoms with Crippen LogP contribution in [0.4, 0.5) is 4.79 Å². The van der Waals surface area contributed by atoms with Crippen LogP contribution in [0.1, 0.15) is 33.6 Å². The van der Waals surface area contributed by atoms with Gasteiger partial charge < -0.3 is 15.0 Å². The molecule has 17 heavy (non-hydrogen) atoms. The molecule has 0 aromatic rings. The number of amides is 2. The first-order chi connectivity index (χ1) is 7.82. The number of β-lactam (4-membered cyclic amide) rings is 1. The van der Waals surface area contributed by atoms with E-state index in [1.807, 2.05) is 20.8 Å². The Labute approximate surface area is 101 Å². The molecule has 0 radical (unpaired) electrons. The largest absolute Gasteiger partial charge is 0.444 e. The predicted molar refractivity (Wildman–Crippen MR) is 62.5 cm³/mol. The molecule has 0 aliphatic carbocycles. The fourth-order valence-electron chi connectivity index (χ4n) is 2.35. The minimum atomic E-state index is -0.483. The van der Waals surface area contributed by atoms with Crippen LogP contribution in [-0.4, -0.2) is 42.1 Å². The minimum absolute atomic E-state index is 0.0748. The number of piperidine rings is 1. The van der Waals surface area contributed by atoms with Gasteiger partial charge in [-0.2, -0.15) is 0 Å². The van der Waals surface area contributed by atoms with Crippen molar-refractivity contribution >= 4 is 12.0 Å². The zero-order valence-corrected chi connectivity index (χ0v) is 10.7. The Kier molecular flexibility index (Phi) is 2.79. The van der Waals surface area contributed by atoms with E-state index in [0.29, 0.717) is 19.6 Å². The lowest BCUT2D eigenvalue weighted by molar-refractivity contribution is -0.144. The molecular formula is C12H20N2O3. The van der Waals surface area contributed by atoms with Gasteiger partial charge in [-0.15, -0.1) is 0 Å². The molecule has 2 aliphatic rings. The van der Waals surface area contributed by atoms with Crippen LogP contribution in [0.15, 0.2) is 0 Å². The Morgan fingerprint density at radius 1 is 1.47 bits per heavy atom. The first-order valence-electron chi connectivity index (χ1n) is 6.09. The fourth-order valence-corrected chi connectivity index (χ4v) is 2.35. The standard InChI is InChI=1S/C12H20N2O3/c1-11(2,3)17-10(16)14-6-4-5-12(8-14)7-13-9(12)15/h4-8H2,1-3H3,(H,13,15)/t12-/m1/s1. The molecule has 2 amide bonds. The molecule has 1 N–H and O–H groups in total. The summed E-state index contributed by atoms with van der Waals surface area (Å²) in [6.07, 6.45) is 1.43. The first-order valence-corrected chi connectivity index (χ1v) is 6.09. The summed E-state index contributed by atoms with van der Waals surface area (Å²) in [6.45, 7) is 7.41. The van der Waals surface area contributed by atoms with Crippen molar-refractivity contribution in [2.45, 2.75) is 39.2 Å². The van der Waals surface area contributed by atoms with Crippen LogP contribution in [0, 0.1) is 5.41 Å². The summed E-state index contributed by atoms with van der Waals surface area (Å²) < 4.78 is 5.33. The van der Waals surface area contributed by atoms with E-state index in [1.54, 1.807) is 4.90 Å². The van der Waals surface area contributed by atoms with Gasteiger partial charge in [0.1, 0.15) is 5.60 Å². The molecular weight excluding hydrogens is 220 g/mol. The number of nitrogens with one attached hydrogen (secondary N) is 1. The van der Waals surface area contributed by atoms with Gasteiger partial charge in [-0.3, -0.25) is 4.79 Å². The maximum atomic E-state index is 11.9. The Hall–Kier alpha value is -1.26. The van der Waals surface area contributed by atoms with Gasteiger partial charge in [-0.25, -0.2) is 4.79 Å². The molecule has 0 bridgehead atoms. The van der Waals surface area contributed by atoms with E-state index in [4.69, 9.17) is 4.74 Å². The van der Waals surface area contributed by atoms with Crippen LogP contribution in [0.5, 0.6) is 0 Å². The molecule has 2 aliphatic heterocycles. The first kappa shape index (κ1) is 12.2. The average Bonchev–Trinajstić information content (AvgIpc) is 2.25. The van der Waals surface area contributed by atoms with Gasteiger partial charge in [0, 0.05) is 19.6 Å². The third-order valence-electron chi connectivity index (χ3n) is 3.30. The van der Waals surface area contributed by atoms with E-state index in [-0.39, 0.29) is 17.4 Å². The van der Waals surface area contributed by atoms with Gasteiger partial charge >= 0.3 is 6.09 Å². The van der Waals surface area contributed by atoms with Crippen LogP contribution < -0.4 is 5.32 Å². The molecule has 96 valence electrons. The highest BCUT2D eigenvalue weighted by atomic mass is 16.6. The number of carbonyl (C=O) groups excluding carboxylic acids is 2. The maximum absolute atomic E-state index is 11.9. The quantitative estimate of drug-likeness (QED) is 0.646. The zero-order chi connectivity index (χ0) is 12.7. The third kappa shape index (κ3) is 2.37. The van der Waals surface area contributed by atoms with Crippen LogP contribution in [0.2, 0.25) is 0 Å². The summed E-state index contributed by atoms with van der Waals surface area (Å²) in [7, 11) is 0. The lowest BCUT2D eigenvalue weighted by Crippen LogP contribution is -2.66. The highest BCUT2D eigenvalue weighted by Crippen LogP contribution is 2.35. The van der Waals surface area contributed by atoms with E-state index < -0.39 is 5.60 Å². The van der Waals surface area contributed by atoms with Crippen LogP contribution in [0.25, 0.3) is 0 Å². The molecule has 0 unspecified atom stereocenters. The van der Waals surface area contributed by atoms with Crippen molar-refractivity contribution in [2.75, 3.05) is 19.6 Å². The van der Waals surface area contributed by atoms with Gasteiger partial charge in [0.25, 0.3) is 0 Å². The number of likely N-dealkylation sites (tertiary alicyclic amines) is 1. The van der Waals surface area contributed by atoms with Crippen molar-refractivity contribution in [1.82, 2.24) is 10.2 Å². The SMILES string of the molecule is CC(C)(C)OC(=O)N1CCC[C@@]2(CNC2=O)C1. The molecule has 0 aromatic carbocycles. The third-order valence-corrected chi connectivity index (χ3v) is 3.30. The number of ether oxygens (including phenoxy) is 1. The molecule has 5 heteroatoms. The van der Waals surface area contributed by atoms with Crippen LogP contribution in [-0.2, 0) is 9.53 Å². The van der Waals surface area contributed by atoms with E-state index in [9.17, 15) is 9.59 Å². The van der Waals surface area contributed by atoms with E-state index in [1.165, 1.54) is 0 Å². The molecule has 2 heterocycles. The highest BCUT2D eigenvalue weighted by molar-refractivity contribution is 5.89. The smallest absolute Gasteiger partial charge is 0.410 e. The molecule has 5 nitrogen and oxygen atoms in total. The van der Waals surface area contributed by atoms with E-state index >= 15 is 0 Å². The van der Waals surface area contributed by atoms with Gasteiger partial charge in [0.05, 0.1) is 5.41 Å². The number of carbonyl (C=O) groups is 2. The summed E-state index contributed by atoms with van der Waals surface area (Å²) in [4.78, 5) is 25.2. The monoisotopic (exact) mass is 240 g/mol. The topological polar surface area (TPSA) is 58.6 Å². The second-order valence-corrected chi connectivity index (χ2v) is 5.97.